The summed E-state index contributed by atoms with van der Waals surface area (Å²) in [7, 11) is 1.74. The fourth-order valence-corrected chi connectivity index (χ4v) is 5.50. The van der Waals surface area contributed by atoms with E-state index in [1.807, 2.05) is 32.9 Å². The van der Waals surface area contributed by atoms with Crippen molar-refractivity contribution in [3.63, 3.8) is 0 Å². The van der Waals surface area contributed by atoms with Gasteiger partial charge in [-0.05, 0) is 37.1 Å². The minimum Gasteiger partial charge on any atom is -0.330 e. The minimum absolute atomic E-state index is 0.186. The van der Waals surface area contributed by atoms with E-state index in [9.17, 15) is 19.6 Å². The van der Waals surface area contributed by atoms with Crippen LogP contribution >= 0.6 is 11.6 Å². The summed E-state index contributed by atoms with van der Waals surface area (Å²) in [5.41, 5.74) is 2.22. The number of piperazine rings is 1. The van der Waals surface area contributed by atoms with Crippen molar-refractivity contribution in [3.8, 4) is 6.07 Å². The van der Waals surface area contributed by atoms with E-state index in [-0.39, 0.29) is 33.9 Å². The number of fused-ring (bicyclic) bond motifs is 5. The number of nitrogens with zero attached hydrogens (tertiary/aromatic N) is 6. The van der Waals surface area contributed by atoms with Crippen LogP contribution in [0.3, 0.4) is 0 Å². The Morgan fingerprint density at radius 3 is 2.59 bits per heavy atom. The second-order valence-corrected chi connectivity index (χ2v) is 10.6. The molecule has 10 heteroatoms. The molecular formula is C24H25ClN6O3. The first kappa shape index (κ1) is 22.4. The molecule has 1 aromatic heterocycles. The summed E-state index contributed by atoms with van der Waals surface area (Å²) in [5, 5.41) is 13.9. The van der Waals surface area contributed by atoms with E-state index in [4.69, 9.17) is 11.6 Å². The van der Waals surface area contributed by atoms with Gasteiger partial charge in [0, 0.05) is 19.0 Å². The van der Waals surface area contributed by atoms with Crippen LogP contribution in [0.15, 0.2) is 18.2 Å². The van der Waals surface area contributed by atoms with Crippen molar-refractivity contribution >= 4 is 35.1 Å². The van der Waals surface area contributed by atoms with Gasteiger partial charge in [0.15, 0.2) is 0 Å². The van der Waals surface area contributed by atoms with Gasteiger partial charge in [-0.25, -0.2) is 9.69 Å². The molecule has 4 heterocycles. The highest BCUT2D eigenvalue weighted by Gasteiger charge is 2.63. The van der Waals surface area contributed by atoms with Gasteiger partial charge in [-0.1, -0.05) is 32.4 Å². The molecule has 3 saturated heterocycles. The van der Waals surface area contributed by atoms with Crippen LogP contribution in [0.1, 0.15) is 54.5 Å². The smallest absolute Gasteiger partial charge is 0.330 e. The van der Waals surface area contributed by atoms with Crippen molar-refractivity contribution in [1.29, 1.82) is 5.26 Å². The van der Waals surface area contributed by atoms with Gasteiger partial charge in [0.2, 0.25) is 0 Å². The molecule has 3 fully saturated rings. The lowest BCUT2D eigenvalue weighted by Gasteiger charge is -2.34. The summed E-state index contributed by atoms with van der Waals surface area (Å²) < 4.78 is 1.59. The number of aromatic nitrogens is 2. The Labute approximate surface area is 202 Å². The number of benzene rings is 1. The average Bonchev–Trinajstić information content (AvgIpc) is 3.52. The first-order chi connectivity index (χ1) is 16.0. The van der Waals surface area contributed by atoms with Crippen LogP contribution in [0.4, 0.5) is 10.5 Å². The summed E-state index contributed by atoms with van der Waals surface area (Å²) in [5.74, 6) is -0.562. The second-order valence-electron chi connectivity index (χ2n) is 10.2. The number of hydrogen-bond acceptors (Lipinski definition) is 5. The van der Waals surface area contributed by atoms with Crippen LogP contribution in [-0.4, -0.2) is 62.1 Å². The Hall–Kier alpha value is -3.38. The summed E-state index contributed by atoms with van der Waals surface area (Å²) in [6.45, 7) is 8.16. The molecule has 2 aromatic rings. The van der Waals surface area contributed by atoms with E-state index in [0.717, 1.165) is 10.6 Å². The normalized spacial score (nSPS) is 23.7. The van der Waals surface area contributed by atoms with Gasteiger partial charge in [0.25, 0.3) is 11.8 Å². The van der Waals surface area contributed by atoms with E-state index in [0.29, 0.717) is 29.9 Å². The lowest BCUT2D eigenvalue weighted by atomic mass is 9.92. The summed E-state index contributed by atoms with van der Waals surface area (Å²) in [6, 6.07) is 5.12. The topological polar surface area (TPSA) is 103 Å². The Kier molecular flexibility index (Phi) is 4.82. The third-order valence-corrected chi connectivity index (χ3v) is 7.60. The molecular weight excluding hydrogens is 456 g/mol. The zero-order valence-corrected chi connectivity index (χ0v) is 20.4. The number of anilines is 1. The predicted molar refractivity (Wildman–Crippen MR) is 125 cm³/mol. The van der Waals surface area contributed by atoms with Gasteiger partial charge in [-0.15, -0.1) is 0 Å². The number of rotatable bonds is 2. The number of imide groups is 1. The molecule has 0 radical (unpaired) electrons. The Morgan fingerprint density at radius 2 is 1.97 bits per heavy atom. The van der Waals surface area contributed by atoms with Gasteiger partial charge >= 0.3 is 6.03 Å². The SMILES string of the molecule is Cc1c(N2C(=O)C3C4CC(CN4C(=O)c4cc(C(C)(C)C)nn4C)N3C2=O)ccc(C#N)c1Cl. The van der Waals surface area contributed by atoms with Crippen LogP contribution in [0.2, 0.25) is 5.02 Å². The summed E-state index contributed by atoms with van der Waals surface area (Å²) in [6.07, 6.45) is 0.568. The van der Waals surface area contributed by atoms with Gasteiger partial charge in [0.1, 0.15) is 17.8 Å². The molecule has 3 aliphatic heterocycles. The number of urea groups is 1. The number of hydrogen-bond donors (Lipinski definition) is 0. The van der Waals surface area contributed by atoms with Gasteiger partial charge in [0.05, 0.1) is 34.1 Å². The number of carbonyl (C=O) groups is 3. The maximum Gasteiger partial charge on any atom is 0.332 e. The molecule has 3 unspecified atom stereocenters. The van der Waals surface area contributed by atoms with Crippen LogP contribution in [0.25, 0.3) is 0 Å². The average molecular weight is 481 g/mol. The van der Waals surface area contributed by atoms with Crippen LogP contribution in [0, 0.1) is 18.3 Å². The fraction of sp³-hybridized carbons (Fsp3) is 0.458. The van der Waals surface area contributed by atoms with E-state index < -0.39 is 18.1 Å². The van der Waals surface area contributed by atoms with Crippen LogP contribution in [0.5, 0.6) is 0 Å². The third-order valence-electron chi connectivity index (χ3n) is 7.11. The number of aryl methyl sites for hydroxylation is 1. The number of amides is 4. The van der Waals surface area contributed by atoms with Crippen molar-refractivity contribution in [2.24, 2.45) is 7.05 Å². The Balaban J connectivity index is 1.46. The van der Waals surface area contributed by atoms with E-state index in [2.05, 4.69) is 5.10 Å². The zero-order valence-electron chi connectivity index (χ0n) is 19.7. The highest BCUT2D eigenvalue weighted by molar-refractivity contribution is 6.33. The highest BCUT2D eigenvalue weighted by atomic mass is 35.5. The number of nitriles is 1. The molecule has 0 aliphatic carbocycles. The van der Waals surface area contributed by atoms with Crippen molar-refractivity contribution in [3.05, 3.63) is 45.7 Å². The predicted octanol–water partition coefficient (Wildman–Crippen LogP) is 2.99. The van der Waals surface area contributed by atoms with E-state index in [1.165, 1.54) is 6.07 Å². The number of likely N-dealkylation sites (tertiary alicyclic amines) is 1. The first-order valence-corrected chi connectivity index (χ1v) is 11.5. The molecule has 5 rings (SSSR count). The Morgan fingerprint density at radius 1 is 1.26 bits per heavy atom. The standard InChI is InChI=1S/C24H25ClN6O3/c1-12-15(7-6-13(10-26)19(12)25)31-22(33)20-16-8-14(30(20)23(31)34)11-29(16)21(32)17-9-18(24(2,3)4)27-28(17)5/h6-7,9,14,16,20H,8,11H2,1-5H3. The molecule has 34 heavy (non-hydrogen) atoms. The van der Waals surface area contributed by atoms with Crippen molar-refractivity contribution in [2.75, 3.05) is 11.4 Å². The van der Waals surface area contributed by atoms with Crippen molar-refractivity contribution in [1.82, 2.24) is 19.6 Å². The summed E-state index contributed by atoms with van der Waals surface area (Å²) >= 11 is 6.30. The maximum atomic E-state index is 13.5. The monoisotopic (exact) mass is 480 g/mol. The minimum atomic E-state index is -0.737. The van der Waals surface area contributed by atoms with Gasteiger partial charge in [-0.2, -0.15) is 10.4 Å². The molecule has 176 valence electrons. The second kappa shape index (κ2) is 7.31. The molecule has 2 bridgehead atoms. The highest BCUT2D eigenvalue weighted by Crippen LogP contribution is 2.44. The third kappa shape index (κ3) is 2.98. The molecule has 0 saturated carbocycles. The molecule has 3 aliphatic rings. The molecule has 4 amide bonds. The van der Waals surface area contributed by atoms with E-state index >= 15 is 0 Å². The largest absolute Gasteiger partial charge is 0.332 e. The summed E-state index contributed by atoms with van der Waals surface area (Å²) in [4.78, 5) is 44.8. The Bertz CT molecular complexity index is 1300. The lowest BCUT2D eigenvalue weighted by Crippen LogP contribution is -2.55. The molecule has 9 nitrogen and oxygen atoms in total. The molecule has 0 spiro atoms. The fourth-order valence-electron chi connectivity index (χ4n) is 5.30. The van der Waals surface area contributed by atoms with Gasteiger partial charge in [-0.3, -0.25) is 14.3 Å². The quantitative estimate of drug-likeness (QED) is 0.615. The van der Waals surface area contributed by atoms with Crippen LogP contribution < -0.4 is 4.90 Å². The molecule has 3 atom stereocenters. The number of carbonyl (C=O) groups excluding carboxylic acids is 3. The lowest BCUT2D eigenvalue weighted by molar-refractivity contribution is -0.121. The van der Waals surface area contributed by atoms with E-state index in [1.54, 1.807) is 34.5 Å². The van der Waals surface area contributed by atoms with Crippen LogP contribution in [-0.2, 0) is 17.3 Å². The van der Waals surface area contributed by atoms with Gasteiger partial charge < -0.3 is 9.80 Å². The number of halogens is 1. The first-order valence-electron chi connectivity index (χ1n) is 11.2. The molecule has 1 aromatic carbocycles. The van der Waals surface area contributed by atoms with Crippen molar-refractivity contribution in [2.45, 2.75) is 57.7 Å². The molecule has 0 N–H and O–H groups in total. The van der Waals surface area contributed by atoms with Crippen molar-refractivity contribution < 1.29 is 14.4 Å². The zero-order chi connectivity index (χ0) is 24.7. The maximum absolute atomic E-state index is 13.5.